The number of carbonyl (C=O) groups excluding carboxylic acids is 1. The quantitative estimate of drug-likeness (QED) is 0.741. The normalized spacial score (nSPS) is 10.6. The zero-order valence-electron chi connectivity index (χ0n) is 8.54. The fourth-order valence-electron chi connectivity index (χ4n) is 1.19. The van der Waals surface area contributed by atoms with Crippen molar-refractivity contribution in [3.8, 4) is 6.07 Å². The second kappa shape index (κ2) is 4.71. The molecule has 0 radical (unpaired) electrons. The smallest absolute Gasteiger partial charge is 0.382 e. The average molecular weight is 225 g/mol. The first-order chi connectivity index (χ1) is 7.54. The van der Waals surface area contributed by atoms with E-state index in [1.54, 1.807) is 6.07 Å². The Labute approximate surface area is 91.3 Å². The molecule has 0 saturated heterocycles. The third-order valence-electron chi connectivity index (χ3n) is 1.92. The molecule has 84 valence electrons. The Kier molecular flexibility index (Phi) is 3.56. The van der Waals surface area contributed by atoms with Crippen LogP contribution in [-0.4, -0.2) is 12.6 Å². The van der Waals surface area contributed by atoms with Crippen molar-refractivity contribution in [2.45, 2.75) is 12.8 Å². The van der Waals surface area contributed by atoms with Gasteiger partial charge in [0.05, 0.1) is 23.8 Å². The number of nitriles is 1. The Balaban J connectivity index is 3.17. The van der Waals surface area contributed by atoms with Gasteiger partial charge in [0.1, 0.15) is 0 Å². The van der Waals surface area contributed by atoms with Crippen LogP contribution in [0.4, 0.5) is 8.78 Å². The zero-order valence-corrected chi connectivity index (χ0v) is 8.54. The number of carbonyl (C=O) groups is 1. The van der Waals surface area contributed by atoms with Crippen LogP contribution in [0.1, 0.15) is 18.1 Å². The molecule has 0 N–H and O–H groups in total. The predicted molar refractivity (Wildman–Crippen MR) is 51.7 cm³/mol. The number of hydrogen-bond donors (Lipinski definition) is 0. The van der Waals surface area contributed by atoms with E-state index in [4.69, 9.17) is 5.26 Å². The van der Waals surface area contributed by atoms with Crippen LogP contribution < -0.4 is 0 Å². The number of rotatable bonds is 3. The molecule has 3 nitrogen and oxygen atoms in total. The molecule has 0 heterocycles. The van der Waals surface area contributed by atoms with Gasteiger partial charge in [0.25, 0.3) is 0 Å². The van der Waals surface area contributed by atoms with Crippen molar-refractivity contribution in [3.05, 3.63) is 35.4 Å². The molecular weight excluding hydrogens is 216 g/mol. The van der Waals surface area contributed by atoms with Crippen LogP contribution in [0.3, 0.4) is 0 Å². The van der Waals surface area contributed by atoms with E-state index in [0.717, 1.165) is 6.07 Å². The Hall–Kier alpha value is -1.96. The Morgan fingerprint density at radius 3 is 2.69 bits per heavy atom. The van der Waals surface area contributed by atoms with Crippen molar-refractivity contribution in [1.82, 2.24) is 0 Å². The van der Waals surface area contributed by atoms with Crippen LogP contribution in [0, 0.1) is 11.3 Å². The Bertz CT molecular complexity index is 438. The molecule has 16 heavy (non-hydrogen) atoms. The van der Waals surface area contributed by atoms with Gasteiger partial charge >= 0.3 is 11.9 Å². The van der Waals surface area contributed by atoms with E-state index in [-0.39, 0.29) is 12.2 Å². The first-order valence-corrected chi connectivity index (χ1v) is 4.58. The van der Waals surface area contributed by atoms with Crippen molar-refractivity contribution in [3.63, 3.8) is 0 Å². The maximum atomic E-state index is 13.6. The van der Waals surface area contributed by atoms with Gasteiger partial charge in [0.2, 0.25) is 0 Å². The van der Waals surface area contributed by atoms with Gasteiger partial charge in [-0.15, -0.1) is 0 Å². The van der Waals surface area contributed by atoms with Crippen LogP contribution in [0.2, 0.25) is 0 Å². The topological polar surface area (TPSA) is 50.1 Å². The summed E-state index contributed by atoms with van der Waals surface area (Å²) in [5.74, 6) is -5.43. The van der Waals surface area contributed by atoms with E-state index in [1.807, 2.05) is 0 Å². The molecule has 0 fully saturated rings. The Morgan fingerprint density at radius 1 is 1.50 bits per heavy atom. The molecule has 5 heteroatoms. The second-order valence-corrected chi connectivity index (χ2v) is 2.95. The predicted octanol–water partition coefficient (Wildman–Crippen LogP) is 2.21. The SMILES string of the molecule is CCOC(=O)C(F)(F)c1ccccc1C#N. The molecule has 0 amide bonds. The van der Waals surface area contributed by atoms with E-state index in [9.17, 15) is 13.6 Å². The summed E-state index contributed by atoms with van der Waals surface area (Å²) >= 11 is 0. The third-order valence-corrected chi connectivity index (χ3v) is 1.92. The summed E-state index contributed by atoms with van der Waals surface area (Å²) in [6.07, 6.45) is 0. The van der Waals surface area contributed by atoms with Gasteiger partial charge in [0.15, 0.2) is 0 Å². The highest BCUT2D eigenvalue weighted by molar-refractivity contribution is 5.80. The number of halogens is 2. The number of alkyl halides is 2. The molecule has 1 rings (SSSR count). The van der Waals surface area contributed by atoms with Gasteiger partial charge in [-0.2, -0.15) is 14.0 Å². The van der Waals surface area contributed by atoms with E-state index < -0.39 is 17.5 Å². The molecule has 0 aliphatic heterocycles. The molecule has 0 bridgehead atoms. The summed E-state index contributed by atoms with van der Waals surface area (Å²) in [7, 11) is 0. The van der Waals surface area contributed by atoms with Crippen LogP contribution in [0.25, 0.3) is 0 Å². The van der Waals surface area contributed by atoms with Gasteiger partial charge in [-0.1, -0.05) is 18.2 Å². The molecule has 0 aliphatic rings. The summed E-state index contributed by atoms with van der Waals surface area (Å²) in [6, 6.07) is 6.66. The fourth-order valence-corrected chi connectivity index (χ4v) is 1.19. The minimum absolute atomic E-state index is 0.136. The summed E-state index contributed by atoms with van der Waals surface area (Å²) in [5, 5.41) is 8.66. The van der Waals surface area contributed by atoms with Gasteiger partial charge in [-0.25, -0.2) is 4.79 Å². The monoisotopic (exact) mass is 225 g/mol. The number of esters is 1. The van der Waals surface area contributed by atoms with E-state index in [0.29, 0.717) is 0 Å². The van der Waals surface area contributed by atoms with Gasteiger partial charge < -0.3 is 4.74 Å². The molecule has 1 aromatic rings. The van der Waals surface area contributed by atoms with Crippen molar-refractivity contribution in [2.75, 3.05) is 6.61 Å². The third kappa shape index (κ3) is 2.16. The van der Waals surface area contributed by atoms with Crippen LogP contribution >= 0.6 is 0 Å². The number of nitrogens with zero attached hydrogens (tertiary/aromatic N) is 1. The maximum Gasteiger partial charge on any atom is 0.382 e. The minimum atomic E-state index is -3.79. The lowest BCUT2D eigenvalue weighted by Crippen LogP contribution is -2.29. The average Bonchev–Trinajstić information content (AvgIpc) is 2.29. The van der Waals surface area contributed by atoms with E-state index >= 15 is 0 Å². The fraction of sp³-hybridized carbons (Fsp3) is 0.273. The van der Waals surface area contributed by atoms with Gasteiger partial charge in [-0.3, -0.25) is 0 Å². The number of benzene rings is 1. The molecule has 0 saturated carbocycles. The highest BCUT2D eigenvalue weighted by Crippen LogP contribution is 2.31. The summed E-state index contributed by atoms with van der Waals surface area (Å²) < 4.78 is 31.4. The van der Waals surface area contributed by atoms with Crippen molar-refractivity contribution in [1.29, 1.82) is 5.26 Å². The maximum absolute atomic E-state index is 13.6. The first kappa shape index (κ1) is 12.1. The lowest BCUT2D eigenvalue weighted by atomic mass is 10.0. The number of ether oxygens (including phenoxy) is 1. The second-order valence-electron chi connectivity index (χ2n) is 2.95. The number of hydrogen-bond acceptors (Lipinski definition) is 3. The lowest BCUT2D eigenvalue weighted by Gasteiger charge is -2.15. The first-order valence-electron chi connectivity index (χ1n) is 4.58. The van der Waals surface area contributed by atoms with Crippen LogP contribution in [0.5, 0.6) is 0 Å². The van der Waals surface area contributed by atoms with Gasteiger partial charge in [0, 0.05) is 0 Å². The van der Waals surface area contributed by atoms with Crippen LogP contribution in [0.15, 0.2) is 24.3 Å². The zero-order chi connectivity index (χ0) is 12.2. The van der Waals surface area contributed by atoms with E-state index in [1.165, 1.54) is 25.1 Å². The van der Waals surface area contributed by atoms with Crippen LogP contribution in [-0.2, 0) is 15.5 Å². The standard InChI is InChI=1S/C11H9F2NO2/c1-2-16-10(15)11(12,13)9-6-4-3-5-8(9)7-14/h3-6H,2H2,1H3. The van der Waals surface area contributed by atoms with E-state index in [2.05, 4.69) is 4.74 Å². The molecule has 0 aromatic heterocycles. The van der Waals surface area contributed by atoms with Crippen molar-refractivity contribution >= 4 is 5.97 Å². The van der Waals surface area contributed by atoms with Crippen molar-refractivity contribution < 1.29 is 18.3 Å². The molecule has 0 aliphatic carbocycles. The molecule has 0 unspecified atom stereocenters. The molecular formula is C11H9F2NO2. The lowest BCUT2D eigenvalue weighted by molar-refractivity contribution is -0.173. The highest BCUT2D eigenvalue weighted by atomic mass is 19.3. The molecule has 0 spiro atoms. The van der Waals surface area contributed by atoms with Crippen molar-refractivity contribution in [2.24, 2.45) is 0 Å². The van der Waals surface area contributed by atoms with Gasteiger partial charge in [-0.05, 0) is 13.0 Å². The largest absolute Gasteiger partial charge is 0.461 e. The highest BCUT2D eigenvalue weighted by Gasteiger charge is 2.44. The molecule has 0 atom stereocenters. The summed E-state index contributed by atoms with van der Waals surface area (Å²) in [5.41, 5.74) is -0.864. The Morgan fingerprint density at radius 2 is 2.12 bits per heavy atom. The summed E-state index contributed by atoms with van der Waals surface area (Å²) in [4.78, 5) is 11.1. The minimum Gasteiger partial charge on any atom is -0.461 e. The molecule has 1 aromatic carbocycles. The summed E-state index contributed by atoms with van der Waals surface area (Å²) in [6.45, 7) is 1.30.